The van der Waals surface area contributed by atoms with Crippen molar-refractivity contribution in [1.29, 1.82) is 0 Å². The second-order valence-corrected chi connectivity index (χ2v) is 5.08. The van der Waals surface area contributed by atoms with Crippen LogP contribution in [0.15, 0.2) is 24.5 Å². The molecule has 4 nitrogen and oxygen atoms in total. The van der Waals surface area contributed by atoms with Crippen LogP contribution >= 0.6 is 11.3 Å². The number of aryl methyl sites for hydroxylation is 2. The molecule has 0 aliphatic heterocycles. The van der Waals surface area contributed by atoms with Crippen LogP contribution in [0.4, 0.5) is 0 Å². The normalized spacial score (nSPS) is 10.5. The molecule has 0 amide bonds. The second-order valence-electron chi connectivity index (χ2n) is 3.80. The summed E-state index contributed by atoms with van der Waals surface area (Å²) < 4.78 is 1.62. The topological polar surface area (TPSA) is 52.0 Å². The van der Waals surface area contributed by atoms with Crippen molar-refractivity contribution < 1.29 is 9.59 Å². The van der Waals surface area contributed by atoms with Crippen molar-refractivity contribution in [2.45, 2.75) is 13.3 Å². The standard InChI is InChI=1S/C12H12N2O2S/c1-8-3-4-11(17-8)9(15)7-10(16)12-13-5-6-14(12)2/h3-6H,7H2,1-2H3. The molecular formula is C12H12N2O2S. The highest BCUT2D eigenvalue weighted by Crippen LogP contribution is 2.17. The van der Waals surface area contributed by atoms with Crippen LogP contribution in [0.5, 0.6) is 0 Å². The summed E-state index contributed by atoms with van der Waals surface area (Å²) in [6.45, 7) is 1.93. The molecule has 0 unspecified atom stereocenters. The summed E-state index contributed by atoms with van der Waals surface area (Å²) in [5.41, 5.74) is 0. The van der Waals surface area contributed by atoms with Crippen molar-refractivity contribution in [1.82, 2.24) is 9.55 Å². The molecule has 0 atom stereocenters. The monoisotopic (exact) mass is 248 g/mol. The van der Waals surface area contributed by atoms with Crippen molar-refractivity contribution >= 4 is 22.9 Å². The maximum atomic E-state index is 11.8. The number of carbonyl (C=O) groups is 2. The first-order valence-electron chi connectivity index (χ1n) is 5.18. The third-order valence-electron chi connectivity index (χ3n) is 2.41. The molecule has 0 radical (unpaired) electrons. The van der Waals surface area contributed by atoms with E-state index in [2.05, 4.69) is 4.98 Å². The van der Waals surface area contributed by atoms with Crippen LogP contribution in [0, 0.1) is 6.92 Å². The summed E-state index contributed by atoms with van der Waals surface area (Å²) in [6, 6.07) is 3.64. The van der Waals surface area contributed by atoms with Crippen LogP contribution in [-0.2, 0) is 7.05 Å². The quantitative estimate of drug-likeness (QED) is 0.616. The smallest absolute Gasteiger partial charge is 0.206 e. The first kappa shape index (κ1) is 11.7. The molecule has 0 N–H and O–H groups in total. The molecule has 0 aliphatic rings. The van der Waals surface area contributed by atoms with Crippen LogP contribution in [0.1, 0.15) is 31.6 Å². The van der Waals surface area contributed by atoms with Crippen LogP contribution in [0.3, 0.4) is 0 Å². The largest absolute Gasteiger partial charge is 0.332 e. The number of Topliss-reactive ketones (excluding diaryl/α,β-unsaturated/α-hetero) is 2. The van der Waals surface area contributed by atoms with E-state index in [9.17, 15) is 9.59 Å². The van der Waals surface area contributed by atoms with Gasteiger partial charge in [0.1, 0.15) is 0 Å². The predicted molar refractivity (Wildman–Crippen MR) is 65.5 cm³/mol. The molecule has 0 fully saturated rings. The summed E-state index contributed by atoms with van der Waals surface area (Å²) in [6.07, 6.45) is 3.12. The van der Waals surface area contributed by atoms with Gasteiger partial charge in [0.25, 0.3) is 0 Å². The minimum atomic E-state index is -0.242. The fourth-order valence-electron chi connectivity index (χ4n) is 1.53. The number of carbonyl (C=O) groups excluding carboxylic acids is 2. The van der Waals surface area contributed by atoms with E-state index in [0.717, 1.165) is 4.88 Å². The molecule has 5 heteroatoms. The lowest BCUT2D eigenvalue weighted by Crippen LogP contribution is -2.12. The molecule has 0 aliphatic carbocycles. The van der Waals surface area contributed by atoms with Crippen molar-refractivity contribution in [3.8, 4) is 0 Å². The highest BCUT2D eigenvalue weighted by Gasteiger charge is 2.17. The number of imidazole rings is 1. The molecular weight excluding hydrogens is 236 g/mol. The second kappa shape index (κ2) is 4.63. The van der Waals surface area contributed by atoms with Gasteiger partial charge >= 0.3 is 0 Å². The van der Waals surface area contributed by atoms with Crippen LogP contribution < -0.4 is 0 Å². The van der Waals surface area contributed by atoms with E-state index in [1.165, 1.54) is 11.3 Å². The van der Waals surface area contributed by atoms with Gasteiger partial charge in [-0.1, -0.05) is 0 Å². The molecule has 2 aromatic heterocycles. The van der Waals surface area contributed by atoms with Crippen LogP contribution in [-0.4, -0.2) is 21.1 Å². The van der Waals surface area contributed by atoms with Gasteiger partial charge in [-0.3, -0.25) is 9.59 Å². The summed E-state index contributed by atoms with van der Waals surface area (Å²) in [4.78, 5) is 29.3. The Balaban J connectivity index is 2.10. The molecule has 0 bridgehead atoms. The van der Waals surface area contributed by atoms with Gasteiger partial charge in [-0.25, -0.2) is 4.98 Å². The Morgan fingerprint density at radius 3 is 2.65 bits per heavy atom. The number of hydrogen-bond donors (Lipinski definition) is 0. The van der Waals surface area contributed by atoms with Gasteiger partial charge in [0, 0.05) is 24.3 Å². The van der Waals surface area contributed by atoms with Crippen molar-refractivity contribution in [3.63, 3.8) is 0 Å². The lowest BCUT2D eigenvalue weighted by atomic mass is 10.1. The molecule has 88 valence electrons. The Kier molecular flexibility index (Phi) is 3.19. The lowest BCUT2D eigenvalue weighted by molar-refractivity contribution is 0.0889. The summed E-state index contributed by atoms with van der Waals surface area (Å²) in [5.74, 6) is -0.0590. The maximum Gasteiger partial charge on any atom is 0.206 e. The van der Waals surface area contributed by atoms with E-state index in [4.69, 9.17) is 0 Å². The Morgan fingerprint density at radius 2 is 2.12 bits per heavy atom. The number of ketones is 2. The first-order chi connectivity index (χ1) is 8.08. The zero-order valence-corrected chi connectivity index (χ0v) is 10.5. The van der Waals surface area contributed by atoms with Crippen molar-refractivity contribution in [2.24, 2.45) is 7.05 Å². The Labute approximate surface area is 103 Å². The summed E-state index contributed by atoms with van der Waals surface area (Å²) in [7, 11) is 1.74. The highest BCUT2D eigenvalue weighted by molar-refractivity contribution is 7.14. The fraction of sp³-hybridized carbons (Fsp3) is 0.250. The molecule has 0 saturated carbocycles. The van der Waals surface area contributed by atoms with E-state index in [1.807, 2.05) is 13.0 Å². The van der Waals surface area contributed by atoms with E-state index in [-0.39, 0.29) is 18.0 Å². The fourth-order valence-corrected chi connectivity index (χ4v) is 2.34. The lowest BCUT2D eigenvalue weighted by Gasteiger charge is -1.99. The third kappa shape index (κ3) is 2.50. The van der Waals surface area contributed by atoms with Crippen molar-refractivity contribution in [3.05, 3.63) is 40.1 Å². The first-order valence-corrected chi connectivity index (χ1v) is 5.99. The maximum absolute atomic E-state index is 11.8. The van der Waals surface area contributed by atoms with Crippen molar-refractivity contribution in [2.75, 3.05) is 0 Å². The molecule has 2 rings (SSSR count). The van der Waals surface area contributed by atoms with Gasteiger partial charge in [-0.15, -0.1) is 11.3 Å². The van der Waals surface area contributed by atoms with Crippen LogP contribution in [0.2, 0.25) is 0 Å². The number of nitrogens with zero attached hydrogens (tertiary/aromatic N) is 2. The molecule has 2 aromatic rings. The van der Waals surface area contributed by atoms with E-state index < -0.39 is 0 Å². The molecule has 17 heavy (non-hydrogen) atoms. The number of rotatable bonds is 4. The van der Waals surface area contributed by atoms with E-state index >= 15 is 0 Å². The highest BCUT2D eigenvalue weighted by atomic mass is 32.1. The number of aromatic nitrogens is 2. The number of hydrogen-bond acceptors (Lipinski definition) is 4. The van der Waals surface area contributed by atoms with Gasteiger partial charge in [-0.05, 0) is 19.1 Å². The van der Waals surface area contributed by atoms with E-state index in [0.29, 0.717) is 10.7 Å². The summed E-state index contributed by atoms with van der Waals surface area (Å²) in [5, 5.41) is 0. The minimum absolute atomic E-state index is 0.120. The molecule has 0 spiro atoms. The summed E-state index contributed by atoms with van der Waals surface area (Å²) >= 11 is 1.41. The molecule has 2 heterocycles. The SMILES string of the molecule is Cc1ccc(C(=O)CC(=O)c2nccn2C)s1. The Bertz CT molecular complexity index is 569. The number of thiophene rings is 1. The minimum Gasteiger partial charge on any atom is -0.332 e. The third-order valence-corrected chi connectivity index (χ3v) is 3.45. The van der Waals surface area contributed by atoms with Gasteiger partial charge in [0.2, 0.25) is 5.78 Å². The zero-order valence-electron chi connectivity index (χ0n) is 9.64. The zero-order chi connectivity index (χ0) is 12.4. The van der Waals surface area contributed by atoms with Gasteiger partial charge in [0.15, 0.2) is 11.6 Å². The Morgan fingerprint density at radius 1 is 1.35 bits per heavy atom. The van der Waals surface area contributed by atoms with Gasteiger partial charge in [0.05, 0.1) is 11.3 Å². The predicted octanol–water partition coefficient (Wildman–Crippen LogP) is 2.25. The molecule has 0 saturated heterocycles. The molecule has 0 aromatic carbocycles. The average molecular weight is 248 g/mol. The van der Waals surface area contributed by atoms with Gasteiger partial charge in [-0.2, -0.15) is 0 Å². The average Bonchev–Trinajstić information content (AvgIpc) is 2.86. The van der Waals surface area contributed by atoms with E-state index in [1.54, 1.807) is 30.1 Å². The van der Waals surface area contributed by atoms with Crippen LogP contribution in [0.25, 0.3) is 0 Å². The van der Waals surface area contributed by atoms with Gasteiger partial charge < -0.3 is 4.57 Å². The Hall–Kier alpha value is -1.75.